The van der Waals surface area contributed by atoms with Crippen LogP contribution in [0.25, 0.3) is 0 Å². The summed E-state index contributed by atoms with van der Waals surface area (Å²) in [6.07, 6.45) is 6.24. The molecule has 3 atom stereocenters. The van der Waals surface area contributed by atoms with Crippen LogP contribution in [0.5, 0.6) is 0 Å². The molecule has 2 aliphatic rings. The van der Waals surface area contributed by atoms with E-state index in [2.05, 4.69) is 0 Å². The number of likely N-dealkylation sites (tertiary alicyclic amines) is 1. The SMILES string of the molecule is NCC1CCCC(C(=O)N2CCC(CCO)C2)C1. The minimum Gasteiger partial charge on any atom is -0.396 e. The summed E-state index contributed by atoms with van der Waals surface area (Å²) in [6.45, 7) is 2.69. The molecule has 4 nitrogen and oxygen atoms in total. The van der Waals surface area contributed by atoms with Crippen LogP contribution in [0, 0.1) is 17.8 Å². The van der Waals surface area contributed by atoms with Gasteiger partial charge in [0.25, 0.3) is 0 Å². The molecule has 3 unspecified atom stereocenters. The third-order valence-corrected chi connectivity index (χ3v) is 4.60. The summed E-state index contributed by atoms with van der Waals surface area (Å²) in [5, 5.41) is 8.95. The molecule has 1 aliphatic carbocycles. The quantitative estimate of drug-likeness (QED) is 0.786. The van der Waals surface area contributed by atoms with E-state index >= 15 is 0 Å². The Morgan fingerprint density at radius 3 is 2.83 bits per heavy atom. The van der Waals surface area contributed by atoms with Gasteiger partial charge in [-0.1, -0.05) is 6.42 Å². The molecule has 104 valence electrons. The van der Waals surface area contributed by atoms with E-state index in [9.17, 15) is 4.79 Å². The first-order valence-corrected chi connectivity index (χ1v) is 7.34. The van der Waals surface area contributed by atoms with Crippen LogP contribution in [-0.4, -0.2) is 42.2 Å². The summed E-state index contributed by atoms with van der Waals surface area (Å²) in [5.74, 6) is 1.60. The smallest absolute Gasteiger partial charge is 0.225 e. The molecule has 1 amide bonds. The van der Waals surface area contributed by atoms with Crippen molar-refractivity contribution in [3.05, 3.63) is 0 Å². The van der Waals surface area contributed by atoms with Crippen LogP contribution in [0.4, 0.5) is 0 Å². The van der Waals surface area contributed by atoms with Gasteiger partial charge in [-0.2, -0.15) is 0 Å². The van der Waals surface area contributed by atoms with Gasteiger partial charge in [-0.25, -0.2) is 0 Å². The Labute approximate surface area is 110 Å². The van der Waals surface area contributed by atoms with Crippen molar-refractivity contribution in [2.75, 3.05) is 26.2 Å². The van der Waals surface area contributed by atoms with E-state index in [1.54, 1.807) is 0 Å². The standard InChI is InChI=1S/C14H26N2O2/c15-9-12-2-1-3-13(8-12)14(18)16-6-4-11(10-16)5-7-17/h11-13,17H,1-10,15H2. The van der Waals surface area contributed by atoms with Gasteiger partial charge in [0.15, 0.2) is 0 Å². The zero-order valence-electron chi connectivity index (χ0n) is 11.2. The van der Waals surface area contributed by atoms with E-state index in [-0.39, 0.29) is 12.5 Å². The van der Waals surface area contributed by atoms with Crippen molar-refractivity contribution < 1.29 is 9.90 Å². The second-order valence-electron chi connectivity index (χ2n) is 5.92. The maximum Gasteiger partial charge on any atom is 0.225 e. The van der Waals surface area contributed by atoms with Crippen LogP contribution < -0.4 is 5.73 Å². The van der Waals surface area contributed by atoms with Crippen molar-refractivity contribution in [3.8, 4) is 0 Å². The van der Waals surface area contributed by atoms with Gasteiger partial charge in [0.05, 0.1) is 0 Å². The predicted octanol–water partition coefficient (Wildman–Crippen LogP) is 0.982. The third-order valence-electron chi connectivity index (χ3n) is 4.60. The Hall–Kier alpha value is -0.610. The Morgan fingerprint density at radius 1 is 1.28 bits per heavy atom. The lowest BCUT2D eigenvalue weighted by atomic mass is 9.81. The van der Waals surface area contributed by atoms with Crippen molar-refractivity contribution in [2.24, 2.45) is 23.5 Å². The van der Waals surface area contributed by atoms with Crippen LogP contribution >= 0.6 is 0 Å². The average Bonchev–Trinajstić information content (AvgIpc) is 2.87. The summed E-state index contributed by atoms with van der Waals surface area (Å²) in [7, 11) is 0. The molecule has 0 bridgehead atoms. The number of aliphatic hydroxyl groups excluding tert-OH is 1. The van der Waals surface area contributed by atoms with Gasteiger partial charge >= 0.3 is 0 Å². The summed E-state index contributed by atoms with van der Waals surface area (Å²) in [4.78, 5) is 14.5. The van der Waals surface area contributed by atoms with Crippen molar-refractivity contribution in [1.82, 2.24) is 4.90 Å². The molecule has 2 rings (SSSR count). The molecule has 1 saturated heterocycles. The van der Waals surface area contributed by atoms with Crippen molar-refractivity contribution in [2.45, 2.75) is 38.5 Å². The van der Waals surface area contributed by atoms with Crippen LogP contribution in [-0.2, 0) is 4.79 Å². The molecular weight excluding hydrogens is 228 g/mol. The molecule has 2 fully saturated rings. The van der Waals surface area contributed by atoms with Crippen LogP contribution in [0.2, 0.25) is 0 Å². The van der Waals surface area contributed by atoms with E-state index in [1.165, 1.54) is 6.42 Å². The zero-order chi connectivity index (χ0) is 13.0. The molecule has 1 saturated carbocycles. The first-order chi connectivity index (χ1) is 8.74. The van der Waals surface area contributed by atoms with Gasteiger partial charge in [0, 0.05) is 25.6 Å². The van der Waals surface area contributed by atoms with Gasteiger partial charge in [-0.05, 0) is 50.5 Å². The molecule has 0 aromatic rings. The van der Waals surface area contributed by atoms with Crippen LogP contribution in [0.1, 0.15) is 38.5 Å². The fourth-order valence-corrected chi connectivity index (χ4v) is 3.44. The van der Waals surface area contributed by atoms with E-state index in [4.69, 9.17) is 10.8 Å². The molecular formula is C14H26N2O2. The number of carbonyl (C=O) groups is 1. The summed E-state index contributed by atoms with van der Waals surface area (Å²) < 4.78 is 0. The van der Waals surface area contributed by atoms with E-state index in [0.29, 0.717) is 17.7 Å². The topological polar surface area (TPSA) is 66.6 Å². The lowest BCUT2D eigenvalue weighted by molar-refractivity contribution is -0.136. The van der Waals surface area contributed by atoms with E-state index in [1.807, 2.05) is 4.90 Å². The first kappa shape index (κ1) is 13.8. The number of carbonyl (C=O) groups excluding carboxylic acids is 1. The van der Waals surface area contributed by atoms with Gasteiger partial charge in [0.1, 0.15) is 0 Å². The van der Waals surface area contributed by atoms with Crippen molar-refractivity contribution in [1.29, 1.82) is 0 Å². The van der Waals surface area contributed by atoms with E-state index < -0.39 is 0 Å². The molecule has 3 N–H and O–H groups in total. The van der Waals surface area contributed by atoms with Crippen LogP contribution in [0.15, 0.2) is 0 Å². The third kappa shape index (κ3) is 3.23. The number of rotatable bonds is 4. The van der Waals surface area contributed by atoms with Gasteiger partial charge < -0.3 is 15.7 Å². The number of hydrogen-bond acceptors (Lipinski definition) is 3. The fourth-order valence-electron chi connectivity index (χ4n) is 3.44. The number of hydrogen-bond donors (Lipinski definition) is 2. The molecule has 1 aliphatic heterocycles. The minimum atomic E-state index is 0.208. The molecule has 0 aromatic carbocycles. The Morgan fingerprint density at radius 2 is 2.11 bits per heavy atom. The van der Waals surface area contributed by atoms with Crippen molar-refractivity contribution >= 4 is 5.91 Å². The number of nitrogens with two attached hydrogens (primary N) is 1. The van der Waals surface area contributed by atoms with Gasteiger partial charge in [-0.3, -0.25) is 4.79 Å². The Kier molecular flexibility index (Phi) is 5.01. The lowest BCUT2D eigenvalue weighted by Crippen LogP contribution is -2.37. The predicted molar refractivity (Wildman–Crippen MR) is 70.9 cm³/mol. The summed E-state index contributed by atoms with van der Waals surface area (Å²) >= 11 is 0. The molecule has 4 heteroatoms. The molecule has 18 heavy (non-hydrogen) atoms. The number of amides is 1. The second-order valence-corrected chi connectivity index (χ2v) is 5.92. The van der Waals surface area contributed by atoms with Gasteiger partial charge in [-0.15, -0.1) is 0 Å². The van der Waals surface area contributed by atoms with E-state index in [0.717, 1.165) is 51.7 Å². The van der Waals surface area contributed by atoms with Crippen molar-refractivity contribution in [3.63, 3.8) is 0 Å². The molecule has 1 heterocycles. The molecule has 0 aromatic heterocycles. The first-order valence-electron chi connectivity index (χ1n) is 7.34. The average molecular weight is 254 g/mol. The molecule has 0 radical (unpaired) electrons. The minimum absolute atomic E-state index is 0.208. The monoisotopic (exact) mass is 254 g/mol. The summed E-state index contributed by atoms with van der Waals surface area (Å²) in [5.41, 5.74) is 5.73. The normalized spacial score (nSPS) is 32.8. The Bertz CT molecular complexity index is 283. The second kappa shape index (κ2) is 6.53. The number of aliphatic hydroxyl groups is 1. The highest BCUT2D eigenvalue weighted by molar-refractivity contribution is 5.79. The molecule has 0 spiro atoms. The fraction of sp³-hybridized carbons (Fsp3) is 0.929. The highest BCUT2D eigenvalue weighted by Crippen LogP contribution is 2.31. The summed E-state index contributed by atoms with van der Waals surface area (Å²) in [6, 6.07) is 0. The number of nitrogens with zero attached hydrogens (tertiary/aromatic N) is 1. The van der Waals surface area contributed by atoms with Crippen LogP contribution in [0.3, 0.4) is 0 Å². The maximum atomic E-state index is 12.4. The largest absolute Gasteiger partial charge is 0.396 e. The maximum absolute atomic E-state index is 12.4. The lowest BCUT2D eigenvalue weighted by Gasteiger charge is -2.30. The highest BCUT2D eigenvalue weighted by Gasteiger charge is 2.33. The van der Waals surface area contributed by atoms with Gasteiger partial charge in [0.2, 0.25) is 5.91 Å². The Balaban J connectivity index is 1.84. The zero-order valence-corrected chi connectivity index (χ0v) is 11.2. The highest BCUT2D eigenvalue weighted by atomic mass is 16.3.